The summed E-state index contributed by atoms with van der Waals surface area (Å²) >= 11 is 0. The van der Waals surface area contributed by atoms with E-state index < -0.39 is 23.3 Å². The van der Waals surface area contributed by atoms with Crippen LogP contribution >= 0.6 is 0 Å². The lowest BCUT2D eigenvalue weighted by atomic mass is 9.75. The van der Waals surface area contributed by atoms with Crippen molar-refractivity contribution < 1.29 is 18.0 Å². The number of nitrogens with one attached hydrogen (secondary N) is 1. The zero-order valence-corrected chi connectivity index (χ0v) is 11.8. The molecule has 1 aliphatic carbocycles. The Hall–Kier alpha value is -1.56. The number of halogens is 3. The molecule has 6 heteroatoms. The fourth-order valence-electron chi connectivity index (χ4n) is 2.49. The van der Waals surface area contributed by atoms with Crippen LogP contribution in [0.2, 0.25) is 0 Å². The van der Waals surface area contributed by atoms with E-state index in [0.29, 0.717) is 5.56 Å². The lowest BCUT2D eigenvalue weighted by Gasteiger charge is -2.37. The molecule has 116 valence electrons. The molecule has 2 rings (SSSR count). The Balaban J connectivity index is 1.99. The molecule has 1 amide bonds. The van der Waals surface area contributed by atoms with Gasteiger partial charge in [0.25, 0.3) is 0 Å². The second-order valence-electron chi connectivity index (χ2n) is 5.81. The van der Waals surface area contributed by atoms with Crippen LogP contribution in [0.3, 0.4) is 0 Å². The highest BCUT2D eigenvalue weighted by atomic mass is 19.4. The zero-order chi connectivity index (χ0) is 15.7. The van der Waals surface area contributed by atoms with Gasteiger partial charge >= 0.3 is 6.18 Å². The number of hydrogen-bond donors (Lipinski definition) is 2. The molecule has 21 heavy (non-hydrogen) atoms. The second kappa shape index (κ2) is 5.67. The average Bonchev–Trinajstić information content (AvgIpc) is 2.36. The lowest BCUT2D eigenvalue weighted by molar-refractivity contribution is -0.137. The molecule has 3 N–H and O–H groups in total. The standard InChI is InChI=1S/C15H19F3N2O/c1-10(20-13(21)9-14(19)6-3-7-14)11-4-2-5-12(8-11)15(16,17)18/h2,4-5,8,10H,3,6-7,9,19H2,1H3,(H,20,21). The monoisotopic (exact) mass is 300 g/mol. The summed E-state index contributed by atoms with van der Waals surface area (Å²) in [7, 11) is 0. The van der Waals surface area contributed by atoms with Crippen LogP contribution in [0.15, 0.2) is 24.3 Å². The van der Waals surface area contributed by atoms with Crippen LogP contribution in [0.25, 0.3) is 0 Å². The first-order valence-corrected chi connectivity index (χ1v) is 6.95. The Morgan fingerprint density at radius 3 is 2.62 bits per heavy atom. The molecule has 0 aliphatic heterocycles. The van der Waals surface area contributed by atoms with Gasteiger partial charge in [0.1, 0.15) is 0 Å². The van der Waals surface area contributed by atoms with Gasteiger partial charge in [-0.05, 0) is 43.9 Å². The molecular formula is C15H19F3N2O. The fraction of sp³-hybridized carbons (Fsp3) is 0.533. The normalized spacial score (nSPS) is 18.7. The van der Waals surface area contributed by atoms with Crippen molar-refractivity contribution in [1.29, 1.82) is 0 Å². The predicted octanol–water partition coefficient (Wildman–Crippen LogP) is 3.15. The van der Waals surface area contributed by atoms with Crippen molar-refractivity contribution in [2.45, 2.75) is 50.4 Å². The molecule has 0 aromatic heterocycles. The van der Waals surface area contributed by atoms with E-state index in [0.717, 1.165) is 31.4 Å². The first kappa shape index (κ1) is 15.8. The number of benzene rings is 1. The van der Waals surface area contributed by atoms with Crippen LogP contribution < -0.4 is 11.1 Å². The third-order valence-electron chi connectivity index (χ3n) is 3.95. The van der Waals surface area contributed by atoms with Crippen molar-refractivity contribution in [3.63, 3.8) is 0 Å². The van der Waals surface area contributed by atoms with E-state index in [1.165, 1.54) is 6.07 Å². The van der Waals surface area contributed by atoms with Gasteiger partial charge in [-0.25, -0.2) is 0 Å². The summed E-state index contributed by atoms with van der Waals surface area (Å²) in [6.45, 7) is 1.66. The Morgan fingerprint density at radius 1 is 1.43 bits per heavy atom. The van der Waals surface area contributed by atoms with Crippen LogP contribution in [0.5, 0.6) is 0 Å². The van der Waals surface area contributed by atoms with Gasteiger partial charge in [0.15, 0.2) is 0 Å². The Bertz CT molecular complexity index is 524. The molecule has 0 radical (unpaired) electrons. The number of nitrogens with two attached hydrogens (primary N) is 1. The predicted molar refractivity (Wildman–Crippen MR) is 73.4 cm³/mol. The number of alkyl halides is 3. The van der Waals surface area contributed by atoms with Gasteiger partial charge in [-0.15, -0.1) is 0 Å². The van der Waals surface area contributed by atoms with Gasteiger partial charge in [0.2, 0.25) is 5.91 Å². The quantitative estimate of drug-likeness (QED) is 0.897. The topological polar surface area (TPSA) is 55.1 Å². The van der Waals surface area contributed by atoms with E-state index in [-0.39, 0.29) is 12.3 Å². The van der Waals surface area contributed by atoms with Crippen LogP contribution in [0.1, 0.15) is 49.8 Å². The van der Waals surface area contributed by atoms with Crippen LogP contribution in [0, 0.1) is 0 Å². The van der Waals surface area contributed by atoms with Gasteiger partial charge in [0.05, 0.1) is 11.6 Å². The van der Waals surface area contributed by atoms with Gasteiger partial charge in [-0.1, -0.05) is 12.1 Å². The summed E-state index contributed by atoms with van der Waals surface area (Å²) in [5.41, 5.74) is 5.27. The van der Waals surface area contributed by atoms with E-state index in [1.54, 1.807) is 13.0 Å². The molecule has 1 aromatic carbocycles. The van der Waals surface area contributed by atoms with E-state index in [2.05, 4.69) is 5.32 Å². The van der Waals surface area contributed by atoms with E-state index in [1.807, 2.05) is 0 Å². The minimum atomic E-state index is -4.38. The third-order valence-corrected chi connectivity index (χ3v) is 3.95. The molecule has 3 nitrogen and oxygen atoms in total. The van der Waals surface area contributed by atoms with E-state index in [4.69, 9.17) is 5.73 Å². The zero-order valence-electron chi connectivity index (χ0n) is 11.8. The second-order valence-corrected chi connectivity index (χ2v) is 5.81. The summed E-state index contributed by atoms with van der Waals surface area (Å²) in [4.78, 5) is 11.9. The fourth-order valence-corrected chi connectivity index (χ4v) is 2.49. The van der Waals surface area contributed by atoms with Gasteiger partial charge in [0, 0.05) is 12.0 Å². The molecule has 0 bridgehead atoms. The minimum Gasteiger partial charge on any atom is -0.350 e. The highest BCUT2D eigenvalue weighted by Crippen LogP contribution is 2.33. The first-order valence-electron chi connectivity index (χ1n) is 6.95. The van der Waals surface area contributed by atoms with Crippen molar-refractivity contribution in [1.82, 2.24) is 5.32 Å². The maximum absolute atomic E-state index is 12.7. The molecule has 1 saturated carbocycles. The van der Waals surface area contributed by atoms with Crippen LogP contribution in [0.4, 0.5) is 13.2 Å². The lowest BCUT2D eigenvalue weighted by Crippen LogP contribution is -2.50. The smallest absolute Gasteiger partial charge is 0.350 e. The minimum absolute atomic E-state index is 0.219. The van der Waals surface area contributed by atoms with E-state index in [9.17, 15) is 18.0 Å². The van der Waals surface area contributed by atoms with Crippen molar-refractivity contribution >= 4 is 5.91 Å². The average molecular weight is 300 g/mol. The molecule has 0 saturated heterocycles. The maximum atomic E-state index is 12.7. The number of rotatable bonds is 4. The van der Waals surface area contributed by atoms with E-state index >= 15 is 0 Å². The summed E-state index contributed by atoms with van der Waals surface area (Å²) < 4.78 is 38.0. The molecule has 0 heterocycles. The molecule has 1 aromatic rings. The molecule has 0 spiro atoms. The van der Waals surface area contributed by atoms with Gasteiger partial charge in [-0.2, -0.15) is 13.2 Å². The Morgan fingerprint density at radius 2 is 2.10 bits per heavy atom. The van der Waals surface area contributed by atoms with Crippen molar-refractivity contribution in [3.8, 4) is 0 Å². The number of carbonyl (C=O) groups excluding carboxylic acids is 1. The number of amides is 1. The summed E-state index contributed by atoms with van der Waals surface area (Å²) in [6.07, 6.45) is -1.51. The number of carbonyl (C=O) groups is 1. The highest BCUT2D eigenvalue weighted by Gasteiger charge is 2.35. The third kappa shape index (κ3) is 3.97. The van der Waals surface area contributed by atoms with Crippen LogP contribution in [-0.4, -0.2) is 11.4 Å². The van der Waals surface area contributed by atoms with Gasteiger partial charge < -0.3 is 11.1 Å². The SMILES string of the molecule is CC(NC(=O)CC1(N)CCC1)c1cccc(C(F)(F)F)c1. The molecular weight excluding hydrogens is 281 g/mol. The van der Waals surface area contributed by atoms with Crippen LogP contribution in [-0.2, 0) is 11.0 Å². The Labute approximate surface area is 121 Å². The first-order chi connectivity index (χ1) is 9.70. The maximum Gasteiger partial charge on any atom is 0.416 e. The van der Waals surface area contributed by atoms with Crippen molar-refractivity contribution in [2.24, 2.45) is 5.73 Å². The van der Waals surface area contributed by atoms with Crippen molar-refractivity contribution in [3.05, 3.63) is 35.4 Å². The molecule has 1 atom stereocenters. The molecule has 1 fully saturated rings. The number of hydrogen-bond acceptors (Lipinski definition) is 2. The van der Waals surface area contributed by atoms with Gasteiger partial charge in [-0.3, -0.25) is 4.79 Å². The summed E-state index contributed by atoms with van der Waals surface area (Å²) in [5, 5.41) is 2.71. The summed E-state index contributed by atoms with van der Waals surface area (Å²) in [6, 6.07) is 4.51. The Kier molecular flexibility index (Phi) is 4.27. The largest absolute Gasteiger partial charge is 0.416 e. The molecule has 1 aliphatic rings. The highest BCUT2D eigenvalue weighted by molar-refractivity contribution is 5.77. The molecule has 1 unspecified atom stereocenters. The summed E-state index contributed by atoms with van der Waals surface area (Å²) in [5.74, 6) is -0.220. The van der Waals surface area contributed by atoms with Crippen molar-refractivity contribution in [2.75, 3.05) is 0 Å².